The van der Waals surface area contributed by atoms with Crippen molar-refractivity contribution >= 4 is 5.91 Å². The maximum absolute atomic E-state index is 11.6. The van der Waals surface area contributed by atoms with Crippen LogP contribution < -0.4 is 5.32 Å². The lowest BCUT2D eigenvalue weighted by atomic mass is 9.95. The third-order valence-electron chi connectivity index (χ3n) is 2.83. The summed E-state index contributed by atoms with van der Waals surface area (Å²) in [6.07, 6.45) is 1.80. The molecule has 0 heterocycles. The molecule has 0 saturated heterocycles. The Morgan fingerprint density at radius 1 is 1.36 bits per heavy atom. The first-order valence-corrected chi connectivity index (χ1v) is 4.71. The predicted octanol–water partition coefficient (Wildman–Crippen LogP) is 1.17. The lowest BCUT2D eigenvalue weighted by molar-refractivity contribution is -0.123. The van der Waals surface area contributed by atoms with E-state index in [1.165, 1.54) is 0 Å². The Morgan fingerprint density at radius 3 is 2.36 bits per heavy atom. The van der Waals surface area contributed by atoms with Crippen LogP contribution in [0.4, 0.5) is 0 Å². The summed E-state index contributed by atoms with van der Waals surface area (Å²) in [5, 5.41) is 11.8. The van der Waals surface area contributed by atoms with E-state index in [1.54, 1.807) is 19.2 Å². The third kappa shape index (κ3) is 1.25. The number of hydrogen-bond donors (Lipinski definition) is 2. The van der Waals surface area contributed by atoms with E-state index in [9.17, 15) is 4.79 Å². The molecule has 0 atom stereocenters. The number of carbonyl (C=O) groups excluding carboxylic acids is 1. The number of phenols is 1. The average Bonchev–Trinajstić information content (AvgIpc) is 2.99. The van der Waals surface area contributed by atoms with Crippen molar-refractivity contribution in [3.8, 4) is 5.75 Å². The van der Waals surface area contributed by atoms with Crippen LogP contribution in [0.5, 0.6) is 5.75 Å². The molecule has 1 aromatic rings. The summed E-state index contributed by atoms with van der Waals surface area (Å²) >= 11 is 0. The molecule has 0 spiro atoms. The first-order chi connectivity index (χ1) is 6.69. The van der Waals surface area contributed by atoms with Crippen LogP contribution in [0.15, 0.2) is 24.3 Å². The molecule has 74 valence electrons. The van der Waals surface area contributed by atoms with Gasteiger partial charge >= 0.3 is 0 Å². The van der Waals surface area contributed by atoms with E-state index in [2.05, 4.69) is 5.32 Å². The SMILES string of the molecule is CNC(=O)C1(c2ccc(O)cc2)CC1. The second-order valence-electron chi connectivity index (χ2n) is 3.71. The van der Waals surface area contributed by atoms with Gasteiger partial charge in [-0.15, -0.1) is 0 Å². The van der Waals surface area contributed by atoms with Gasteiger partial charge in [0.25, 0.3) is 0 Å². The maximum atomic E-state index is 11.6. The van der Waals surface area contributed by atoms with Crippen LogP contribution in [0.25, 0.3) is 0 Å². The van der Waals surface area contributed by atoms with Gasteiger partial charge in [-0.25, -0.2) is 0 Å². The summed E-state index contributed by atoms with van der Waals surface area (Å²) < 4.78 is 0. The van der Waals surface area contributed by atoms with Gasteiger partial charge in [-0.3, -0.25) is 4.79 Å². The molecule has 0 radical (unpaired) electrons. The number of hydrogen-bond acceptors (Lipinski definition) is 2. The van der Waals surface area contributed by atoms with Crippen LogP contribution in [-0.2, 0) is 10.2 Å². The van der Waals surface area contributed by atoms with Crippen molar-refractivity contribution in [3.63, 3.8) is 0 Å². The zero-order valence-electron chi connectivity index (χ0n) is 8.08. The van der Waals surface area contributed by atoms with E-state index >= 15 is 0 Å². The molecule has 1 saturated carbocycles. The summed E-state index contributed by atoms with van der Waals surface area (Å²) in [6, 6.07) is 6.88. The molecule has 0 aliphatic heterocycles. The molecule has 1 amide bonds. The van der Waals surface area contributed by atoms with Crippen LogP contribution in [0.3, 0.4) is 0 Å². The zero-order valence-corrected chi connectivity index (χ0v) is 8.08. The van der Waals surface area contributed by atoms with Crippen LogP contribution in [0.2, 0.25) is 0 Å². The Hall–Kier alpha value is -1.51. The van der Waals surface area contributed by atoms with Gasteiger partial charge in [0.15, 0.2) is 0 Å². The smallest absolute Gasteiger partial charge is 0.230 e. The maximum Gasteiger partial charge on any atom is 0.230 e. The quantitative estimate of drug-likeness (QED) is 0.737. The van der Waals surface area contributed by atoms with Crippen molar-refractivity contribution in [2.24, 2.45) is 0 Å². The highest BCUT2D eigenvalue weighted by molar-refractivity contribution is 5.91. The van der Waals surface area contributed by atoms with Gasteiger partial charge < -0.3 is 10.4 Å². The van der Waals surface area contributed by atoms with E-state index in [-0.39, 0.29) is 17.1 Å². The van der Waals surface area contributed by atoms with Gasteiger partial charge in [0.1, 0.15) is 5.75 Å². The minimum absolute atomic E-state index is 0.0724. The molecule has 0 aromatic heterocycles. The van der Waals surface area contributed by atoms with Gasteiger partial charge in [0.05, 0.1) is 5.41 Å². The largest absolute Gasteiger partial charge is 0.508 e. The Morgan fingerprint density at radius 2 is 1.93 bits per heavy atom. The fraction of sp³-hybridized carbons (Fsp3) is 0.364. The van der Waals surface area contributed by atoms with Crippen molar-refractivity contribution in [1.82, 2.24) is 5.32 Å². The van der Waals surface area contributed by atoms with Crippen LogP contribution >= 0.6 is 0 Å². The van der Waals surface area contributed by atoms with Gasteiger partial charge in [-0.05, 0) is 30.5 Å². The van der Waals surface area contributed by atoms with Gasteiger partial charge in [-0.1, -0.05) is 12.1 Å². The lowest BCUT2D eigenvalue weighted by Gasteiger charge is -2.13. The number of likely N-dealkylation sites (N-methyl/N-ethyl adjacent to an activating group) is 1. The zero-order chi connectivity index (χ0) is 10.2. The number of amides is 1. The average molecular weight is 191 g/mol. The molecule has 2 N–H and O–H groups in total. The highest BCUT2D eigenvalue weighted by atomic mass is 16.3. The first-order valence-electron chi connectivity index (χ1n) is 4.71. The predicted molar refractivity (Wildman–Crippen MR) is 53.1 cm³/mol. The Labute approximate surface area is 82.8 Å². The summed E-state index contributed by atoms with van der Waals surface area (Å²) in [4.78, 5) is 11.6. The lowest BCUT2D eigenvalue weighted by Crippen LogP contribution is -2.31. The minimum Gasteiger partial charge on any atom is -0.508 e. The van der Waals surface area contributed by atoms with E-state index < -0.39 is 0 Å². The number of rotatable bonds is 2. The molecule has 1 aromatic carbocycles. The van der Waals surface area contributed by atoms with Crippen LogP contribution in [0.1, 0.15) is 18.4 Å². The Bertz CT molecular complexity index is 352. The molecule has 14 heavy (non-hydrogen) atoms. The fourth-order valence-corrected chi connectivity index (χ4v) is 1.79. The Kier molecular flexibility index (Phi) is 1.95. The first kappa shape index (κ1) is 9.06. The van der Waals surface area contributed by atoms with Crippen molar-refractivity contribution in [2.75, 3.05) is 7.05 Å². The molecular weight excluding hydrogens is 178 g/mol. The summed E-state index contributed by atoms with van der Waals surface area (Å²) in [6.45, 7) is 0. The molecule has 1 aliphatic carbocycles. The second kappa shape index (κ2) is 3.01. The van der Waals surface area contributed by atoms with E-state index in [1.807, 2.05) is 12.1 Å². The van der Waals surface area contributed by atoms with E-state index in [0.29, 0.717) is 0 Å². The minimum atomic E-state index is -0.317. The third-order valence-corrected chi connectivity index (χ3v) is 2.83. The number of aromatic hydroxyl groups is 1. The molecule has 3 nitrogen and oxygen atoms in total. The van der Waals surface area contributed by atoms with Crippen molar-refractivity contribution in [2.45, 2.75) is 18.3 Å². The van der Waals surface area contributed by atoms with Crippen LogP contribution in [0, 0.1) is 0 Å². The molecule has 3 heteroatoms. The summed E-state index contributed by atoms with van der Waals surface area (Å²) in [7, 11) is 1.66. The van der Waals surface area contributed by atoms with Crippen molar-refractivity contribution < 1.29 is 9.90 Å². The highest BCUT2D eigenvalue weighted by Gasteiger charge is 2.50. The van der Waals surface area contributed by atoms with E-state index in [4.69, 9.17) is 5.11 Å². The topological polar surface area (TPSA) is 49.3 Å². The molecule has 1 aliphatic rings. The van der Waals surface area contributed by atoms with Crippen molar-refractivity contribution in [1.29, 1.82) is 0 Å². The molecule has 2 rings (SSSR count). The summed E-state index contributed by atoms with van der Waals surface area (Å²) in [5.74, 6) is 0.310. The number of benzene rings is 1. The number of phenolic OH excluding ortho intramolecular Hbond substituents is 1. The number of nitrogens with one attached hydrogen (secondary N) is 1. The standard InChI is InChI=1S/C11H13NO2/c1-12-10(14)11(6-7-11)8-2-4-9(13)5-3-8/h2-5,13H,6-7H2,1H3,(H,12,14). The Balaban J connectivity index is 2.31. The number of carbonyl (C=O) groups is 1. The fourth-order valence-electron chi connectivity index (χ4n) is 1.79. The van der Waals surface area contributed by atoms with E-state index in [0.717, 1.165) is 18.4 Å². The van der Waals surface area contributed by atoms with Gasteiger partial charge in [0.2, 0.25) is 5.91 Å². The highest BCUT2D eigenvalue weighted by Crippen LogP contribution is 2.48. The van der Waals surface area contributed by atoms with Gasteiger partial charge in [-0.2, -0.15) is 0 Å². The van der Waals surface area contributed by atoms with Crippen molar-refractivity contribution in [3.05, 3.63) is 29.8 Å². The van der Waals surface area contributed by atoms with Crippen LogP contribution in [-0.4, -0.2) is 18.1 Å². The second-order valence-corrected chi connectivity index (χ2v) is 3.71. The molecule has 0 bridgehead atoms. The normalized spacial score (nSPS) is 17.5. The molecule has 0 unspecified atom stereocenters. The monoisotopic (exact) mass is 191 g/mol. The molecule has 1 fully saturated rings. The summed E-state index contributed by atoms with van der Waals surface area (Å²) in [5.41, 5.74) is 0.678. The van der Waals surface area contributed by atoms with Gasteiger partial charge in [0, 0.05) is 7.05 Å². The molecular formula is C11H13NO2.